The summed E-state index contributed by atoms with van der Waals surface area (Å²) in [6.07, 6.45) is 1.90. The Morgan fingerprint density at radius 1 is 0.833 bits per heavy atom. The Bertz CT molecular complexity index is 653. The van der Waals surface area contributed by atoms with Crippen molar-refractivity contribution >= 4 is 10.9 Å². The summed E-state index contributed by atoms with van der Waals surface area (Å²) in [5.41, 5.74) is 3.75. The maximum atomic E-state index is 4.42. The Kier molecular flexibility index (Phi) is 2.81. The Hall–Kier alpha value is -2.15. The molecule has 0 aliphatic carbocycles. The highest BCUT2D eigenvalue weighted by atomic mass is 14.6. The van der Waals surface area contributed by atoms with Gasteiger partial charge in [0, 0.05) is 17.5 Å². The van der Waals surface area contributed by atoms with E-state index in [9.17, 15) is 0 Å². The van der Waals surface area contributed by atoms with Gasteiger partial charge in [0.15, 0.2) is 0 Å². The van der Waals surface area contributed by atoms with Crippen LogP contribution >= 0.6 is 0 Å². The van der Waals surface area contributed by atoms with Crippen LogP contribution < -0.4 is 0 Å². The summed E-state index contributed by atoms with van der Waals surface area (Å²) in [5, 5.41) is 1.25. The predicted octanol–water partition coefficient (Wildman–Crippen LogP) is 4.39. The average Bonchev–Trinajstić information content (AvgIpc) is 2.47. The highest BCUT2D eigenvalue weighted by Crippen LogP contribution is 2.29. The number of hydrogen-bond donors (Lipinski definition) is 0. The summed E-state index contributed by atoms with van der Waals surface area (Å²) in [6, 6.07) is 21.1. The summed E-state index contributed by atoms with van der Waals surface area (Å²) in [5.74, 6) is 0.388. The lowest BCUT2D eigenvalue weighted by Gasteiger charge is -2.14. The molecule has 0 aliphatic rings. The maximum absolute atomic E-state index is 4.42. The SMILES string of the molecule is C[C@H](c1ccccc1)c1ccnc2ccccc12. The second-order valence-corrected chi connectivity index (χ2v) is 4.55. The average molecular weight is 233 g/mol. The second kappa shape index (κ2) is 4.61. The van der Waals surface area contributed by atoms with Crippen LogP contribution in [0, 0.1) is 0 Å². The summed E-state index contributed by atoms with van der Waals surface area (Å²) in [6.45, 7) is 2.25. The van der Waals surface area contributed by atoms with Crippen LogP contribution in [-0.4, -0.2) is 4.98 Å². The molecule has 0 aliphatic heterocycles. The molecule has 1 heterocycles. The fraction of sp³-hybridized carbons (Fsp3) is 0.118. The van der Waals surface area contributed by atoms with Gasteiger partial charge in [0.05, 0.1) is 5.52 Å². The Balaban J connectivity index is 2.15. The van der Waals surface area contributed by atoms with Crippen molar-refractivity contribution in [2.45, 2.75) is 12.8 Å². The van der Waals surface area contributed by atoms with Gasteiger partial charge in [-0.05, 0) is 23.3 Å². The lowest BCUT2D eigenvalue weighted by Crippen LogP contribution is -1.97. The highest BCUT2D eigenvalue weighted by Gasteiger charge is 2.11. The molecule has 1 aromatic heterocycles. The molecular formula is C17H15N. The summed E-state index contributed by atoms with van der Waals surface area (Å²) < 4.78 is 0. The molecule has 3 rings (SSSR count). The minimum absolute atomic E-state index is 0.388. The van der Waals surface area contributed by atoms with Crippen molar-refractivity contribution < 1.29 is 0 Å². The molecular weight excluding hydrogens is 218 g/mol. The lowest BCUT2D eigenvalue weighted by molar-refractivity contribution is 0.930. The van der Waals surface area contributed by atoms with Crippen LogP contribution in [0.5, 0.6) is 0 Å². The van der Waals surface area contributed by atoms with E-state index in [1.807, 2.05) is 12.3 Å². The first-order valence-corrected chi connectivity index (χ1v) is 6.25. The third kappa shape index (κ3) is 1.88. The van der Waals surface area contributed by atoms with Gasteiger partial charge in [-0.1, -0.05) is 55.5 Å². The summed E-state index contributed by atoms with van der Waals surface area (Å²) in [7, 11) is 0. The first kappa shape index (κ1) is 11.0. The van der Waals surface area contributed by atoms with Gasteiger partial charge in [-0.15, -0.1) is 0 Å². The van der Waals surface area contributed by atoms with Gasteiger partial charge >= 0.3 is 0 Å². The van der Waals surface area contributed by atoms with E-state index < -0.39 is 0 Å². The van der Waals surface area contributed by atoms with Crippen molar-refractivity contribution in [3.05, 3.63) is 78.0 Å². The van der Waals surface area contributed by atoms with Crippen LogP contribution in [0.4, 0.5) is 0 Å². The van der Waals surface area contributed by atoms with E-state index in [0.29, 0.717) is 5.92 Å². The number of aromatic nitrogens is 1. The number of nitrogens with zero attached hydrogens (tertiary/aromatic N) is 1. The molecule has 88 valence electrons. The molecule has 0 fully saturated rings. The molecule has 0 amide bonds. The molecule has 0 bridgehead atoms. The van der Waals surface area contributed by atoms with Crippen LogP contribution in [-0.2, 0) is 0 Å². The van der Waals surface area contributed by atoms with Crippen molar-refractivity contribution in [2.24, 2.45) is 0 Å². The lowest BCUT2D eigenvalue weighted by atomic mass is 9.91. The van der Waals surface area contributed by atoms with E-state index >= 15 is 0 Å². The van der Waals surface area contributed by atoms with E-state index in [0.717, 1.165) is 5.52 Å². The molecule has 18 heavy (non-hydrogen) atoms. The van der Waals surface area contributed by atoms with E-state index in [-0.39, 0.29) is 0 Å². The topological polar surface area (TPSA) is 12.9 Å². The monoisotopic (exact) mass is 233 g/mol. The molecule has 0 N–H and O–H groups in total. The minimum atomic E-state index is 0.388. The fourth-order valence-electron chi connectivity index (χ4n) is 2.42. The van der Waals surface area contributed by atoms with Crippen molar-refractivity contribution in [3.8, 4) is 0 Å². The van der Waals surface area contributed by atoms with E-state index in [1.54, 1.807) is 0 Å². The maximum Gasteiger partial charge on any atom is 0.0704 e. The van der Waals surface area contributed by atoms with Crippen LogP contribution in [0.15, 0.2) is 66.9 Å². The predicted molar refractivity (Wildman–Crippen MR) is 75.7 cm³/mol. The molecule has 0 saturated heterocycles. The van der Waals surface area contributed by atoms with Crippen LogP contribution in [0.2, 0.25) is 0 Å². The van der Waals surface area contributed by atoms with Crippen LogP contribution in [0.3, 0.4) is 0 Å². The zero-order chi connectivity index (χ0) is 12.4. The Labute approximate surface area is 107 Å². The summed E-state index contributed by atoms with van der Waals surface area (Å²) in [4.78, 5) is 4.42. The van der Waals surface area contributed by atoms with E-state index in [2.05, 4.69) is 66.5 Å². The summed E-state index contributed by atoms with van der Waals surface area (Å²) >= 11 is 0. The number of rotatable bonds is 2. The first-order valence-electron chi connectivity index (χ1n) is 6.25. The standard InChI is InChI=1S/C17H15N/c1-13(14-7-3-2-4-8-14)15-11-12-18-17-10-6-5-9-16(15)17/h2-13H,1H3/t13-/m1/s1. The number of fused-ring (bicyclic) bond motifs is 1. The first-order chi connectivity index (χ1) is 8.86. The number of pyridine rings is 1. The molecule has 1 nitrogen and oxygen atoms in total. The number of benzene rings is 2. The molecule has 0 unspecified atom stereocenters. The Morgan fingerprint density at radius 3 is 2.39 bits per heavy atom. The van der Waals surface area contributed by atoms with Gasteiger partial charge in [0.2, 0.25) is 0 Å². The van der Waals surface area contributed by atoms with Crippen molar-refractivity contribution in [2.75, 3.05) is 0 Å². The quantitative estimate of drug-likeness (QED) is 0.639. The fourth-order valence-corrected chi connectivity index (χ4v) is 2.42. The Morgan fingerprint density at radius 2 is 1.56 bits per heavy atom. The van der Waals surface area contributed by atoms with E-state index in [4.69, 9.17) is 0 Å². The number of para-hydroxylation sites is 1. The van der Waals surface area contributed by atoms with Crippen molar-refractivity contribution in [1.29, 1.82) is 0 Å². The smallest absolute Gasteiger partial charge is 0.0704 e. The normalized spacial score (nSPS) is 12.5. The van der Waals surface area contributed by atoms with E-state index in [1.165, 1.54) is 16.5 Å². The second-order valence-electron chi connectivity index (χ2n) is 4.55. The molecule has 0 spiro atoms. The van der Waals surface area contributed by atoms with Gasteiger partial charge < -0.3 is 0 Å². The van der Waals surface area contributed by atoms with Gasteiger partial charge in [0.25, 0.3) is 0 Å². The molecule has 1 heteroatoms. The van der Waals surface area contributed by atoms with Crippen LogP contribution in [0.25, 0.3) is 10.9 Å². The minimum Gasteiger partial charge on any atom is -0.256 e. The van der Waals surface area contributed by atoms with Crippen molar-refractivity contribution in [3.63, 3.8) is 0 Å². The van der Waals surface area contributed by atoms with Crippen LogP contribution in [0.1, 0.15) is 24.0 Å². The van der Waals surface area contributed by atoms with Gasteiger partial charge in [-0.25, -0.2) is 0 Å². The molecule has 0 radical (unpaired) electrons. The molecule has 2 aromatic carbocycles. The third-order valence-electron chi connectivity index (χ3n) is 3.45. The molecule has 1 atom stereocenters. The number of hydrogen-bond acceptors (Lipinski definition) is 1. The van der Waals surface area contributed by atoms with Gasteiger partial charge in [-0.3, -0.25) is 4.98 Å². The van der Waals surface area contributed by atoms with Gasteiger partial charge in [0.1, 0.15) is 0 Å². The molecule has 3 aromatic rings. The zero-order valence-corrected chi connectivity index (χ0v) is 10.4. The third-order valence-corrected chi connectivity index (χ3v) is 3.45. The highest BCUT2D eigenvalue weighted by molar-refractivity contribution is 5.82. The van der Waals surface area contributed by atoms with Crippen molar-refractivity contribution in [1.82, 2.24) is 4.98 Å². The molecule has 0 saturated carbocycles. The zero-order valence-electron chi connectivity index (χ0n) is 10.4. The largest absolute Gasteiger partial charge is 0.256 e. The van der Waals surface area contributed by atoms with Gasteiger partial charge in [-0.2, -0.15) is 0 Å².